The van der Waals surface area contributed by atoms with Crippen molar-refractivity contribution in [3.05, 3.63) is 35.6 Å². The molecule has 1 saturated carbocycles. The fraction of sp³-hybridized carbons (Fsp3) is 0.588. The van der Waals surface area contributed by atoms with E-state index in [4.69, 9.17) is 0 Å². The molecule has 0 atom stereocenters. The fourth-order valence-electron chi connectivity index (χ4n) is 3.19. The molecule has 0 bridgehead atoms. The molecule has 20 heavy (non-hydrogen) atoms. The Hall–Kier alpha value is -1.38. The van der Waals surface area contributed by atoms with E-state index in [9.17, 15) is 9.18 Å². The Morgan fingerprint density at radius 1 is 1.25 bits per heavy atom. The quantitative estimate of drug-likeness (QED) is 0.784. The van der Waals surface area contributed by atoms with Crippen LogP contribution in [0.4, 0.5) is 4.39 Å². The van der Waals surface area contributed by atoms with Gasteiger partial charge in [0.25, 0.3) is 0 Å². The maximum atomic E-state index is 14.1. The van der Waals surface area contributed by atoms with Crippen LogP contribution in [0, 0.1) is 5.82 Å². The van der Waals surface area contributed by atoms with Gasteiger partial charge in [-0.3, -0.25) is 4.79 Å². The van der Waals surface area contributed by atoms with Gasteiger partial charge >= 0.3 is 0 Å². The molecular weight excluding hydrogens is 253 g/mol. The van der Waals surface area contributed by atoms with Crippen molar-refractivity contribution in [2.24, 2.45) is 0 Å². The summed E-state index contributed by atoms with van der Waals surface area (Å²) >= 11 is 0. The van der Waals surface area contributed by atoms with Crippen molar-refractivity contribution < 1.29 is 9.18 Å². The van der Waals surface area contributed by atoms with Crippen LogP contribution in [-0.2, 0) is 10.2 Å². The molecule has 1 aromatic rings. The van der Waals surface area contributed by atoms with Crippen molar-refractivity contribution in [3.8, 4) is 0 Å². The third kappa shape index (κ3) is 3.02. The summed E-state index contributed by atoms with van der Waals surface area (Å²) in [7, 11) is 0. The SMILES string of the molecule is CCCCCNC(=O)C1(c2ccccc2F)CCCC1. The van der Waals surface area contributed by atoms with Crippen LogP contribution in [0.3, 0.4) is 0 Å². The van der Waals surface area contributed by atoms with Crippen LogP contribution in [0.15, 0.2) is 24.3 Å². The maximum absolute atomic E-state index is 14.1. The molecule has 1 aliphatic rings. The zero-order chi connectivity index (χ0) is 14.4. The normalized spacial score (nSPS) is 17.1. The van der Waals surface area contributed by atoms with E-state index in [0.717, 1.165) is 44.9 Å². The fourth-order valence-corrected chi connectivity index (χ4v) is 3.19. The molecule has 1 aromatic carbocycles. The van der Waals surface area contributed by atoms with Crippen LogP contribution in [0.5, 0.6) is 0 Å². The van der Waals surface area contributed by atoms with Crippen molar-refractivity contribution in [2.45, 2.75) is 57.3 Å². The van der Waals surface area contributed by atoms with Gasteiger partial charge in [0.05, 0.1) is 5.41 Å². The Balaban J connectivity index is 2.14. The molecule has 0 aliphatic heterocycles. The smallest absolute Gasteiger partial charge is 0.230 e. The van der Waals surface area contributed by atoms with Crippen LogP contribution in [0.25, 0.3) is 0 Å². The molecule has 0 unspecified atom stereocenters. The second-order valence-electron chi connectivity index (χ2n) is 5.73. The predicted octanol–water partition coefficient (Wildman–Crippen LogP) is 3.94. The Labute approximate surface area is 120 Å². The van der Waals surface area contributed by atoms with Crippen LogP contribution in [-0.4, -0.2) is 12.5 Å². The van der Waals surface area contributed by atoms with Gasteiger partial charge in [-0.25, -0.2) is 4.39 Å². The number of carbonyl (C=O) groups excluding carboxylic acids is 1. The Kier molecular flexibility index (Phi) is 5.16. The predicted molar refractivity (Wildman–Crippen MR) is 79.1 cm³/mol. The highest BCUT2D eigenvalue weighted by molar-refractivity contribution is 5.88. The van der Waals surface area contributed by atoms with Crippen molar-refractivity contribution in [2.75, 3.05) is 6.54 Å². The van der Waals surface area contributed by atoms with E-state index in [2.05, 4.69) is 12.2 Å². The lowest BCUT2D eigenvalue weighted by Crippen LogP contribution is -2.43. The van der Waals surface area contributed by atoms with E-state index in [0.29, 0.717) is 12.1 Å². The molecule has 0 spiro atoms. The average molecular weight is 277 g/mol. The Morgan fingerprint density at radius 2 is 1.95 bits per heavy atom. The summed E-state index contributed by atoms with van der Waals surface area (Å²) in [5.74, 6) is -0.241. The van der Waals surface area contributed by atoms with Crippen LogP contribution < -0.4 is 5.32 Å². The van der Waals surface area contributed by atoms with E-state index in [-0.39, 0.29) is 11.7 Å². The average Bonchev–Trinajstić information content (AvgIpc) is 2.94. The Morgan fingerprint density at radius 3 is 2.60 bits per heavy atom. The summed E-state index contributed by atoms with van der Waals surface area (Å²) in [4.78, 5) is 12.6. The van der Waals surface area contributed by atoms with Crippen molar-refractivity contribution in [1.82, 2.24) is 5.32 Å². The third-order valence-corrected chi connectivity index (χ3v) is 4.35. The highest BCUT2D eigenvalue weighted by atomic mass is 19.1. The Bertz CT molecular complexity index is 452. The zero-order valence-electron chi connectivity index (χ0n) is 12.3. The summed E-state index contributed by atoms with van der Waals surface area (Å²) in [6.45, 7) is 2.84. The lowest BCUT2D eigenvalue weighted by Gasteiger charge is -2.28. The van der Waals surface area contributed by atoms with Gasteiger partial charge in [-0.05, 0) is 25.3 Å². The highest BCUT2D eigenvalue weighted by Crippen LogP contribution is 2.42. The molecule has 0 aromatic heterocycles. The zero-order valence-corrected chi connectivity index (χ0v) is 12.3. The summed E-state index contributed by atoms with van der Waals surface area (Å²) in [5, 5.41) is 3.02. The van der Waals surface area contributed by atoms with Crippen LogP contribution in [0.1, 0.15) is 57.4 Å². The van der Waals surface area contributed by atoms with Crippen LogP contribution in [0.2, 0.25) is 0 Å². The minimum Gasteiger partial charge on any atom is -0.355 e. The lowest BCUT2D eigenvalue weighted by atomic mass is 9.77. The molecule has 1 aliphatic carbocycles. The number of hydrogen-bond donors (Lipinski definition) is 1. The number of rotatable bonds is 6. The summed E-state index contributed by atoms with van der Waals surface area (Å²) < 4.78 is 14.1. The molecule has 2 rings (SSSR count). The number of benzene rings is 1. The van der Waals surface area contributed by atoms with Gasteiger partial charge < -0.3 is 5.32 Å². The first-order valence-corrected chi connectivity index (χ1v) is 7.74. The van der Waals surface area contributed by atoms with E-state index in [1.807, 2.05) is 6.07 Å². The second-order valence-corrected chi connectivity index (χ2v) is 5.73. The molecule has 2 nitrogen and oxygen atoms in total. The summed E-state index contributed by atoms with van der Waals surface area (Å²) in [6.07, 6.45) is 6.76. The number of amides is 1. The maximum Gasteiger partial charge on any atom is 0.230 e. The summed E-state index contributed by atoms with van der Waals surface area (Å²) in [5.41, 5.74) is -0.0668. The largest absolute Gasteiger partial charge is 0.355 e. The molecule has 0 heterocycles. The molecule has 1 N–H and O–H groups in total. The molecule has 110 valence electrons. The van der Waals surface area contributed by atoms with Crippen molar-refractivity contribution in [1.29, 1.82) is 0 Å². The molecule has 1 fully saturated rings. The molecule has 3 heteroatoms. The first kappa shape index (κ1) is 15.0. The van der Waals surface area contributed by atoms with Gasteiger partial charge in [-0.15, -0.1) is 0 Å². The molecule has 0 radical (unpaired) electrons. The van der Waals surface area contributed by atoms with E-state index >= 15 is 0 Å². The summed E-state index contributed by atoms with van der Waals surface area (Å²) in [6, 6.07) is 6.73. The number of carbonyl (C=O) groups is 1. The highest BCUT2D eigenvalue weighted by Gasteiger charge is 2.43. The van der Waals surface area contributed by atoms with Gasteiger partial charge in [0.15, 0.2) is 0 Å². The van der Waals surface area contributed by atoms with Gasteiger partial charge in [-0.1, -0.05) is 50.8 Å². The van der Waals surface area contributed by atoms with Gasteiger partial charge in [0, 0.05) is 12.1 Å². The number of halogens is 1. The number of nitrogens with one attached hydrogen (secondary N) is 1. The standard InChI is InChI=1S/C17H24FNO/c1-2-3-8-13-19-16(20)17(11-6-7-12-17)14-9-4-5-10-15(14)18/h4-5,9-10H,2-3,6-8,11-13H2,1H3,(H,19,20). The molecular formula is C17H24FNO. The molecule has 1 amide bonds. The lowest BCUT2D eigenvalue weighted by molar-refractivity contribution is -0.126. The monoisotopic (exact) mass is 277 g/mol. The topological polar surface area (TPSA) is 29.1 Å². The minimum atomic E-state index is -0.641. The number of hydrogen-bond acceptors (Lipinski definition) is 1. The van der Waals surface area contributed by atoms with Gasteiger partial charge in [-0.2, -0.15) is 0 Å². The van der Waals surface area contributed by atoms with E-state index in [1.54, 1.807) is 12.1 Å². The minimum absolute atomic E-state index is 0.0104. The van der Waals surface area contributed by atoms with E-state index < -0.39 is 5.41 Å². The first-order valence-electron chi connectivity index (χ1n) is 7.74. The van der Waals surface area contributed by atoms with Crippen LogP contribution >= 0.6 is 0 Å². The van der Waals surface area contributed by atoms with Gasteiger partial charge in [0.2, 0.25) is 5.91 Å². The van der Waals surface area contributed by atoms with Crippen molar-refractivity contribution >= 4 is 5.91 Å². The first-order chi connectivity index (χ1) is 9.70. The molecule has 0 saturated heterocycles. The van der Waals surface area contributed by atoms with Crippen molar-refractivity contribution in [3.63, 3.8) is 0 Å². The number of unbranched alkanes of at least 4 members (excludes halogenated alkanes) is 2. The third-order valence-electron chi connectivity index (χ3n) is 4.35. The van der Waals surface area contributed by atoms with E-state index in [1.165, 1.54) is 6.07 Å². The second kappa shape index (κ2) is 6.87. The van der Waals surface area contributed by atoms with Gasteiger partial charge in [0.1, 0.15) is 5.82 Å².